The Kier molecular flexibility index (Phi) is 3.40. The molecule has 0 fully saturated rings. The van der Waals surface area contributed by atoms with Gasteiger partial charge in [-0.3, -0.25) is 4.79 Å². The van der Waals surface area contributed by atoms with Crippen LogP contribution in [0.25, 0.3) is 0 Å². The predicted molar refractivity (Wildman–Crippen MR) is 32.6 cm³/mol. The number of carbonyl (C=O) groups is 1. The van der Waals surface area contributed by atoms with E-state index in [9.17, 15) is 26.7 Å². The van der Waals surface area contributed by atoms with Crippen LogP contribution in [0.15, 0.2) is 0 Å². The molecule has 0 aliphatic carbocycles. The molecule has 0 aliphatic heterocycles. The zero-order valence-electron chi connectivity index (χ0n) is 6.42. The summed E-state index contributed by atoms with van der Waals surface area (Å²) in [7, 11) is 0. The number of carboxylic acids is 1. The van der Waals surface area contributed by atoms with Gasteiger partial charge in [-0.15, -0.1) is 0 Å². The fourth-order valence-electron chi connectivity index (χ4n) is 0.528. The maximum absolute atomic E-state index is 12.2. The van der Waals surface area contributed by atoms with Crippen molar-refractivity contribution in [2.24, 2.45) is 5.73 Å². The molecule has 4 nitrogen and oxygen atoms in total. The van der Waals surface area contributed by atoms with Gasteiger partial charge in [-0.1, -0.05) is 0 Å². The lowest BCUT2D eigenvalue weighted by atomic mass is 10.1. The van der Waals surface area contributed by atoms with Gasteiger partial charge < -0.3 is 15.9 Å². The molecule has 0 radical (unpaired) electrons. The number of halogens is 5. The minimum Gasteiger partial charge on any atom is -0.480 e. The van der Waals surface area contributed by atoms with Crippen LogP contribution in [-0.4, -0.2) is 40.4 Å². The third kappa shape index (κ3) is 2.29. The van der Waals surface area contributed by atoms with Crippen LogP contribution >= 0.6 is 0 Å². The molecule has 84 valence electrons. The number of rotatable bonds is 3. The zero-order valence-corrected chi connectivity index (χ0v) is 6.42. The van der Waals surface area contributed by atoms with E-state index >= 15 is 0 Å². The monoisotopic (exact) mass is 223 g/mol. The first kappa shape index (κ1) is 13.0. The van der Waals surface area contributed by atoms with Crippen molar-refractivity contribution in [3.63, 3.8) is 0 Å². The highest BCUT2D eigenvalue weighted by Gasteiger charge is 2.64. The second-order valence-electron chi connectivity index (χ2n) is 2.43. The first-order valence-corrected chi connectivity index (χ1v) is 3.12. The highest BCUT2D eigenvalue weighted by Crippen LogP contribution is 2.38. The summed E-state index contributed by atoms with van der Waals surface area (Å²) in [5.74, 6) is -7.70. The summed E-state index contributed by atoms with van der Waals surface area (Å²) in [5, 5.41) is 16.4. The van der Waals surface area contributed by atoms with Crippen molar-refractivity contribution >= 4 is 5.97 Å². The van der Waals surface area contributed by atoms with Gasteiger partial charge in [0.25, 0.3) is 0 Å². The summed E-state index contributed by atoms with van der Waals surface area (Å²) in [4.78, 5) is 9.93. The van der Waals surface area contributed by atoms with Crippen LogP contribution < -0.4 is 5.73 Å². The Morgan fingerprint density at radius 1 is 1.21 bits per heavy atom. The summed E-state index contributed by atoms with van der Waals surface area (Å²) in [6.45, 7) is 0. The van der Waals surface area contributed by atoms with Crippen molar-refractivity contribution in [2.45, 2.75) is 24.2 Å². The van der Waals surface area contributed by atoms with Gasteiger partial charge in [0, 0.05) is 0 Å². The fourth-order valence-corrected chi connectivity index (χ4v) is 0.528. The van der Waals surface area contributed by atoms with Gasteiger partial charge in [0.05, 0.1) is 0 Å². The number of aliphatic hydroxyl groups excluding tert-OH is 1. The first-order valence-electron chi connectivity index (χ1n) is 3.12. The Bertz CT molecular complexity index is 228. The van der Waals surface area contributed by atoms with E-state index in [1.807, 2.05) is 0 Å². The van der Waals surface area contributed by atoms with Crippen LogP contribution in [0.2, 0.25) is 0 Å². The van der Waals surface area contributed by atoms with Gasteiger partial charge in [-0.05, 0) is 0 Å². The van der Waals surface area contributed by atoms with E-state index in [4.69, 9.17) is 10.2 Å². The lowest BCUT2D eigenvalue weighted by Gasteiger charge is -2.26. The molecule has 2 atom stereocenters. The number of alkyl halides is 5. The SMILES string of the molecule is NC(C(=O)O)C(O)C(F)(F)C(F)(F)F. The molecule has 0 bridgehead atoms. The maximum atomic E-state index is 12.2. The molecule has 9 heteroatoms. The van der Waals surface area contributed by atoms with E-state index < -0.39 is 30.2 Å². The van der Waals surface area contributed by atoms with Crippen LogP contribution in [-0.2, 0) is 4.79 Å². The van der Waals surface area contributed by atoms with Gasteiger partial charge in [-0.2, -0.15) is 22.0 Å². The number of nitrogens with two attached hydrogens (primary N) is 1. The van der Waals surface area contributed by atoms with E-state index in [1.54, 1.807) is 0 Å². The lowest BCUT2D eigenvalue weighted by molar-refractivity contribution is -0.314. The minimum atomic E-state index is -6.04. The molecule has 0 aromatic rings. The molecule has 0 aromatic carbocycles. The molecule has 0 amide bonds. The molecule has 0 aromatic heterocycles. The van der Waals surface area contributed by atoms with Crippen molar-refractivity contribution in [1.82, 2.24) is 0 Å². The quantitative estimate of drug-likeness (QED) is 0.586. The normalized spacial score (nSPS) is 17.6. The standard InChI is InChI=1S/C5H6F5NO3/c6-4(7,5(8,9)10)2(12)1(11)3(13)14/h1-2,12H,11H2,(H,13,14). The third-order valence-corrected chi connectivity index (χ3v) is 1.37. The van der Waals surface area contributed by atoms with Crippen molar-refractivity contribution in [3.05, 3.63) is 0 Å². The highest BCUT2D eigenvalue weighted by molar-refractivity contribution is 5.74. The van der Waals surface area contributed by atoms with Crippen LogP contribution in [0.5, 0.6) is 0 Å². The van der Waals surface area contributed by atoms with Crippen LogP contribution in [0, 0.1) is 0 Å². The Morgan fingerprint density at radius 3 is 1.79 bits per heavy atom. The van der Waals surface area contributed by atoms with Gasteiger partial charge in [0.1, 0.15) is 6.04 Å². The van der Waals surface area contributed by atoms with Crippen LogP contribution in [0.4, 0.5) is 22.0 Å². The largest absolute Gasteiger partial charge is 0.480 e. The minimum absolute atomic E-state index is 2.15. The molecule has 0 aliphatic rings. The average Bonchev–Trinajstić information content (AvgIpc) is 1.99. The maximum Gasteiger partial charge on any atom is 0.456 e. The number of carboxylic acid groups (broad SMARTS) is 1. The summed E-state index contributed by atoms with van der Waals surface area (Å²) in [6.07, 6.45) is -9.56. The fraction of sp³-hybridized carbons (Fsp3) is 0.800. The van der Waals surface area contributed by atoms with E-state index in [0.29, 0.717) is 0 Å². The second-order valence-corrected chi connectivity index (χ2v) is 2.43. The number of hydrogen-bond donors (Lipinski definition) is 3. The molecular formula is C5H6F5NO3. The van der Waals surface area contributed by atoms with Crippen LogP contribution in [0.3, 0.4) is 0 Å². The number of aliphatic carboxylic acids is 1. The number of hydrogen-bond acceptors (Lipinski definition) is 3. The second kappa shape index (κ2) is 3.65. The van der Waals surface area contributed by atoms with Gasteiger partial charge in [0.2, 0.25) is 0 Å². The Hall–Kier alpha value is -0.960. The van der Waals surface area contributed by atoms with Crippen LogP contribution in [0.1, 0.15) is 0 Å². The smallest absolute Gasteiger partial charge is 0.456 e. The number of aliphatic hydroxyl groups is 1. The molecule has 4 N–H and O–H groups in total. The van der Waals surface area contributed by atoms with Gasteiger partial charge >= 0.3 is 18.1 Å². The Morgan fingerprint density at radius 2 is 1.57 bits per heavy atom. The van der Waals surface area contributed by atoms with E-state index in [2.05, 4.69) is 5.73 Å². The first-order chi connectivity index (χ1) is 6.01. The summed E-state index contributed by atoms with van der Waals surface area (Å²) >= 11 is 0. The Labute approximate surface area is 74.1 Å². The zero-order chi connectivity index (χ0) is 11.7. The van der Waals surface area contributed by atoms with E-state index in [-0.39, 0.29) is 0 Å². The van der Waals surface area contributed by atoms with Gasteiger partial charge in [-0.25, -0.2) is 0 Å². The molecule has 0 rings (SSSR count). The third-order valence-electron chi connectivity index (χ3n) is 1.37. The van der Waals surface area contributed by atoms with Crippen molar-refractivity contribution in [3.8, 4) is 0 Å². The summed E-state index contributed by atoms with van der Waals surface area (Å²) < 4.78 is 59.1. The average molecular weight is 223 g/mol. The van der Waals surface area contributed by atoms with E-state index in [0.717, 1.165) is 0 Å². The lowest BCUT2D eigenvalue weighted by Crippen LogP contribution is -2.57. The topological polar surface area (TPSA) is 83.6 Å². The molecule has 0 saturated heterocycles. The molecule has 0 spiro atoms. The molecule has 14 heavy (non-hydrogen) atoms. The van der Waals surface area contributed by atoms with Gasteiger partial charge in [0.15, 0.2) is 6.10 Å². The molecule has 0 saturated carbocycles. The van der Waals surface area contributed by atoms with Crippen molar-refractivity contribution < 1.29 is 37.0 Å². The highest BCUT2D eigenvalue weighted by atomic mass is 19.4. The molecular weight excluding hydrogens is 217 g/mol. The van der Waals surface area contributed by atoms with Crippen molar-refractivity contribution in [2.75, 3.05) is 0 Å². The molecule has 0 heterocycles. The summed E-state index contributed by atoms with van der Waals surface area (Å²) in [6, 6.07) is -2.70. The van der Waals surface area contributed by atoms with E-state index in [1.165, 1.54) is 0 Å². The predicted octanol–water partition coefficient (Wildman–Crippen LogP) is -0.0432. The molecule has 2 unspecified atom stereocenters. The Balaban J connectivity index is 4.84. The van der Waals surface area contributed by atoms with Crippen molar-refractivity contribution in [1.29, 1.82) is 0 Å². The summed E-state index contributed by atoms with van der Waals surface area (Å²) in [5.41, 5.74) is 4.41.